The Bertz CT molecular complexity index is 1310. The van der Waals surface area contributed by atoms with Gasteiger partial charge in [-0.25, -0.2) is 9.97 Å². The van der Waals surface area contributed by atoms with E-state index < -0.39 is 0 Å². The Morgan fingerprint density at radius 1 is 1.06 bits per heavy atom. The lowest BCUT2D eigenvalue weighted by molar-refractivity contribution is 0.196. The Hall–Kier alpha value is -3.77. The minimum Gasteiger partial charge on any atom is -0.507 e. The number of hydrogen-bond donors (Lipinski definition) is 1. The molecule has 1 N–H and O–H groups in total. The van der Waals surface area contributed by atoms with Crippen molar-refractivity contribution in [3.8, 4) is 34.0 Å². The van der Waals surface area contributed by atoms with Gasteiger partial charge in [-0.1, -0.05) is 30.3 Å². The summed E-state index contributed by atoms with van der Waals surface area (Å²) in [4.78, 5) is 16.4. The van der Waals surface area contributed by atoms with Crippen LogP contribution in [0.4, 0.5) is 0 Å². The summed E-state index contributed by atoms with van der Waals surface area (Å²) in [6.07, 6.45) is 7.67. The number of phenolic OH excluding ortho intramolecular Hbond substituents is 1. The molecule has 4 aromatic rings. The molecular formula is C29H30N4O2. The molecule has 1 saturated heterocycles. The largest absolute Gasteiger partial charge is 0.507 e. The molecule has 0 saturated carbocycles. The maximum atomic E-state index is 10.5. The van der Waals surface area contributed by atoms with Crippen molar-refractivity contribution in [2.45, 2.75) is 32.2 Å². The summed E-state index contributed by atoms with van der Waals surface area (Å²) in [5, 5.41) is 10.5. The Morgan fingerprint density at radius 3 is 2.66 bits per heavy atom. The fourth-order valence-corrected chi connectivity index (χ4v) is 4.90. The fourth-order valence-electron chi connectivity index (χ4n) is 4.90. The molecule has 3 heterocycles. The number of rotatable bonds is 6. The van der Waals surface area contributed by atoms with Crippen LogP contribution in [-0.2, 0) is 6.54 Å². The normalized spacial score (nSPS) is 16.2. The molecule has 1 atom stereocenters. The van der Waals surface area contributed by atoms with E-state index in [4.69, 9.17) is 14.7 Å². The molecule has 1 aliphatic rings. The first kappa shape index (κ1) is 23.0. The van der Waals surface area contributed by atoms with Crippen LogP contribution in [0.25, 0.3) is 22.5 Å². The third kappa shape index (κ3) is 5.03. The van der Waals surface area contributed by atoms with Gasteiger partial charge in [0.1, 0.15) is 11.5 Å². The highest BCUT2D eigenvalue weighted by Gasteiger charge is 2.27. The summed E-state index contributed by atoms with van der Waals surface area (Å²) in [6, 6.07) is 17.9. The third-order valence-electron chi connectivity index (χ3n) is 6.77. The van der Waals surface area contributed by atoms with Crippen LogP contribution < -0.4 is 4.74 Å². The van der Waals surface area contributed by atoms with E-state index in [1.165, 1.54) is 11.1 Å². The second-order valence-electron chi connectivity index (χ2n) is 9.11. The van der Waals surface area contributed by atoms with Gasteiger partial charge in [0.2, 0.25) is 0 Å². The van der Waals surface area contributed by atoms with Crippen LogP contribution in [0.1, 0.15) is 35.6 Å². The number of likely N-dealkylation sites (tertiary alicyclic amines) is 1. The average Bonchev–Trinajstić information content (AvgIpc) is 2.90. The van der Waals surface area contributed by atoms with Crippen molar-refractivity contribution in [3.63, 3.8) is 0 Å². The van der Waals surface area contributed by atoms with Crippen LogP contribution in [0.3, 0.4) is 0 Å². The number of phenols is 1. The van der Waals surface area contributed by atoms with E-state index in [9.17, 15) is 5.11 Å². The molecule has 35 heavy (non-hydrogen) atoms. The van der Waals surface area contributed by atoms with Crippen molar-refractivity contribution < 1.29 is 9.84 Å². The van der Waals surface area contributed by atoms with Crippen molar-refractivity contribution in [1.29, 1.82) is 0 Å². The fraction of sp³-hybridized carbons (Fsp3) is 0.276. The number of methoxy groups -OCH3 is 1. The second-order valence-corrected chi connectivity index (χ2v) is 9.11. The highest BCUT2D eigenvalue weighted by molar-refractivity contribution is 5.70. The van der Waals surface area contributed by atoms with Gasteiger partial charge < -0.3 is 9.84 Å². The Balaban J connectivity index is 1.48. The lowest BCUT2D eigenvalue weighted by Gasteiger charge is -2.33. The van der Waals surface area contributed by atoms with Gasteiger partial charge in [-0.2, -0.15) is 0 Å². The van der Waals surface area contributed by atoms with Gasteiger partial charge in [-0.3, -0.25) is 9.88 Å². The summed E-state index contributed by atoms with van der Waals surface area (Å²) >= 11 is 0. The van der Waals surface area contributed by atoms with Gasteiger partial charge in [0.25, 0.3) is 0 Å². The minimum absolute atomic E-state index is 0.266. The van der Waals surface area contributed by atoms with Crippen LogP contribution in [-0.4, -0.2) is 45.2 Å². The lowest BCUT2D eigenvalue weighted by Crippen LogP contribution is -2.34. The van der Waals surface area contributed by atoms with Crippen molar-refractivity contribution in [3.05, 3.63) is 90.0 Å². The number of hydrogen-bond acceptors (Lipinski definition) is 6. The molecule has 2 aromatic carbocycles. The molecule has 1 unspecified atom stereocenters. The van der Waals surface area contributed by atoms with Crippen LogP contribution in [0, 0.1) is 6.92 Å². The zero-order chi connectivity index (χ0) is 24.2. The van der Waals surface area contributed by atoms with E-state index in [1.54, 1.807) is 25.6 Å². The predicted octanol–water partition coefficient (Wildman–Crippen LogP) is 5.61. The number of benzene rings is 2. The maximum Gasteiger partial charge on any atom is 0.159 e. The molecule has 0 spiro atoms. The predicted molar refractivity (Wildman–Crippen MR) is 137 cm³/mol. The van der Waals surface area contributed by atoms with E-state index in [0.29, 0.717) is 12.3 Å². The van der Waals surface area contributed by atoms with Crippen LogP contribution in [0.15, 0.2) is 73.2 Å². The van der Waals surface area contributed by atoms with E-state index in [1.807, 2.05) is 30.5 Å². The molecule has 2 aromatic heterocycles. The number of piperidine rings is 1. The standard InChI is InChI=1S/C29H30N4O2/c1-20-6-3-4-8-25(20)26-17-31-29(21-11-13-30-14-12-21)32-28(26)23-7-5-15-33(19-23)18-22-9-10-24(35-2)16-27(22)34/h3-4,6,8-14,16-17,23,34H,5,7,15,18-19H2,1-2H3. The molecule has 6 heteroatoms. The van der Waals surface area contributed by atoms with Gasteiger partial charge in [0, 0.05) is 60.4 Å². The van der Waals surface area contributed by atoms with Crippen molar-refractivity contribution in [2.24, 2.45) is 0 Å². The van der Waals surface area contributed by atoms with Gasteiger partial charge in [-0.15, -0.1) is 0 Å². The topological polar surface area (TPSA) is 71.4 Å². The Labute approximate surface area is 206 Å². The molecule has 178 valence electrons. The first-order chi connectivity index (χ1) is 17.1. The molecule has 0 radical (unpaired) electrons. The van der Waals surface area contributed by atoms with Gasteiger partial charge in [-0.05, 0) is 55.6 Å². The van der Waals surface area contributed by atoms with E-state index in [-0.39, 0.29) is 11.7 Å². The molecule has 0 bridgehead atoms. The number of pyridine rings is 1. The van der Waals surface area contributed by atoms with Crippen LogP contribution >= 0.6 is 0 Å². The molecular weight excluding hydrogens is 436 g/mol. The molecule has 6 nitrogen and oxygen atoms in total. The molecule has 0 aliphatic carbocycles. The lowest BCUT2D eigenvalue weighted by atomic mass is 9.88. The molecule has 0 amide bonds. The summed E-state index contributed by atoms with van der Waals surface area (Å²) in [5.41, 5.74) is 6.45. The van der Waals surface area contributed by atoms with Crippen molar-refractivity contribution >= 4 is 0 Å². The summed E-state index contributed by atoms with van der Waals surface area (Å²) in [5.74, 6) is 1.93. The molecule has 1 fully saturated rings. The first-order valence-electron chi connectivity index (χ1n) is 12.0. The zero-order valence-electron chi connectivity index (χ0n) is 20.2. The van der Waals surface area contributed by atoms with Crippen LogP contribution in [0.5, 0.6) is 11.5 Å². The van der Waals surface area contributed by atoms with E-state index in [2.05, 4.69) is 41.1 Å². The number of ether oxygens (including phenoxy) is 1. The quantitative estimate of drug-likeness (QED) is 0.398. The summed E-state index contributed by atoms with van der Waals surface area (Å²) in [7, 11) is 1.61. The van der Waals surface area contributed by atoms with E-state index in [0.717, 1.165) is 54.1 Å². The Kier molecular flexibility index (Phi) is 6.73. The Morgan fingerprint density at radius 2 is 1.89 bits per heavy atom. The van der Waals surface area contributed by atoms with E-state index >= 15 is 0 Å². The number of aromatic nitrogens is 3. The van der Waals surface area contributed by atoms with Crippen molar-refractivity contribution in [1.82, 2.24) is 19.9 Å². The first-order valence-corrected chi connectivity index (χ1v) is 12.0. The minimum atomic E-state index is 0.266. The third-order valence-corrected chi connectivity index (χ3v) is 6.77. The molecule has 1 aliphatic heterocycles. The maximum absolute atomic E-state index is 10.5. The molecule has 5 rings (SSSR count). The zero-order valence-corrected chi connectivity index (χ0v) is 20.2. The highest BCUT2D eigenvalue weighted by atomic mass is 16.5. The van der Waals surface area contributed by atoms with Gasteiger partial charge >= 0.3 is 0 Å². The smallest absolute Gasteiger partial charge is 0.159 e. The summed E-state index contributed by atoms with van der Waals surface area (Å²) < 4.78 is 5.24. The van der Waals surface area contributed by atoms with Gasteiger partial charge in [0.15, 0.2) is 5.82 Å². The number of aromatic hydroxyl groups is 1. The highest BCUT2D eigenvalue weighted by Crippen LogP contribution is 2.36. The van der Waals surface area contributed by atoms with Crippen LogP contribution in [0.2, 0.25) is 0 Å². The summed E-state index contributed by atoms with van der Waals surface area (Å²) in [6.45, 7) is 4.69. The average molecular weight is 467 g/mol. The number of nitrogens with zero attached hydrogens (tertiary/aromatic N) is 4. The second kappa shape index (κ2) is 10.2. The van der Waals surface area contributed by atoms with Crippen molar-refractivity contribution in [2.75, 3.05) is 20.2 Å². The van der Waals surface area contributed by atoms with Gasteiger partial charge in [0.05, 0.1) is 12.8 Å². The number of aryl methyl sites for hydroxylation is 1. The SMILES string of the molecule is COc1ccc(CN2CCCC(c3nc(-c4ccncc4)ncc3-c3ccccc3C)C2)c(O)c1. The monoisotopic (exact) mass is 466 g/mol.